The van der Waals surface area contributed by atoms with E-state index in [0.29, 0.717) is 6.42 Å². The molecule has 0 fully saturated rings. The van der Waals surface area contributed by atoms with Crippen LogP contribution in [0.4, 0.5) is 0 Å². The highest BCUT2D eigenvalue weighted by Crippen LogP contribution is 1.97. The summed E-state index contributed by atoms with van der Waals surface area (Å²) in [6.07, 6.45) is 2.48. The molecule has 0 unspecified atom stereocenters. The minimum atomic E-state index is -0.968. The van der Waals surface area contributed by atoms with Crippen LogP contribution in [0.1, 0.15) is 6.42 Å². The summed E-state index contributed by atoms with van der Waals surface area (Å²) in [4.78, 5) is 28.6. The maximum absolute atomic E-state index is 10.1. The van der Waals surface area contributed by atoms with Crippen molar-refractivity contribution in [2.75, 3.05) is 25.1 Å². The largest absolute Gasteiger partial charge is 0.480 e. The van der Waals surface area contributed by atoms with Gasteiger partial charge < -0.3 is 32.5 Å². The second kappa shape index (κ2) is 16.6. The van der Waals surface area contributed by atoms with E-state index in [-0.39, 0.29) is 13.1 Å². The van der Waals surface area contributed by atoms with Crippen molar-refractivity contribution in [3.63, 3.8) is 0 Å². The lowest BCUT2D eigenvalue weighted by Crippen LogP contribution is -2.30. The van der Waals surface area contributed by atoms with Crippen molar-refractivity contribution in [1.82, 2.24) is 0 Å². The molecule has 0 spiro atoms. The molecule has 19 heavy (non-hydrogen) atoms. The number of hydrogen-bond donors (Lipinski definition) is 6. The molecule has 0 aromatic rings. The van der Waals surface area contributed by atoms with Crippen molar-refractivity contribution < 1.29 is 29.7 Å². The molecule has 10 heteroatoms. The fraction of sp³-hybridized carbons (Fsp3) is 0.667. The Balaban J connectivity index is -0.000000219. The van der Waals surface area contributed by atoms with Crippen LogP contribution in [0.2, 0.25) is 0 Å². The van der Waals surface area contributed by atoms with Gasteiger partial charge in [-0.1, -0.05) is 0 Å². The Labute approximate surface area is 115 Å². The third kappa shape index (κ3) is 31.5. The first-order valence-corrected chi connectivity index (χ1v) is 6.43. The third-order valence-electron chi connectivity index (χ3n) is 1.30. The second-order valence-electron chi connectivity index (χ2n) is 2.92. The number of carboxylic acids is 3. The lowest BCUT2D eigenvalue weighted by atomic mass is 10.2. The van der Waals surface area contributed by atoms with E-state index in [9.17, 15) is 14.4 Å². The van der Waals surface area contributed by atoms with Crippen LogP contribution in [0, 0.1) is 0 Å². The molecule has 0 rings (SSSR count). The van der Waals surface area contributed by atoms with Gasteiger partial charge in [0.1, 0.15) is 6.04 Å². The molecule has 0 aliphatic heterocycles. The SMILES string of the molecule is CSCC[C@H](N)C(=O)O.NCC(=O)O.NCC(=O)O. The standard InChI is InChI=1S/C5H11NO2S.2C2H5NO2/c1-9-3-2-4(6)5(7)8;2*3-1-2(4)5/h4H,2-3,6H2,1H3,(H,7,8);2*1,3H2,(H,4,5)/t4-;;/m0../s1. The Bertz CT molecular complexity index is 250. The highest BCUT2D eigenvalue weighted by Gasteiger charge is 2.08. The van der Waals surface area contributed by atoms with Crippen molar-refractivity contribution in [2.45, 2.75) is 12.5 Å². The van der Waals surface area contributed by atoms with Gasteiger partial charge in [-0.15, -0.1) is 0 Å². The summed E-state index contributed by atoms with van der Waals surface area (Å²) in [5.74, 6) is -2.04. The summed E-state index contributed by atoms with van der Waals surface area (Å²) in [6.45, 7) is -0.556. The van der Waals surface area contributed by atoms with Crippen LogP contribution in [0.25, 0.3) is 0 Å². The van der Waals surface area contributed by atoms with Crippen molar-refractivity contribution >= 4 is 29.7 Å². The first-order chi connectivity index (χ1) is 8.72. The van der Waals surface area contributed by atoms with Crippen molar-refractivity contribution in [1.29, 1.82) is 0 Å². The predicted molar refractivity (Wildman–Crippen MR) is 72.0 cm³/mol. The summed E-state index contributed by atoms with van der Waals surface area (Å²) < 4.78 is 0. The van der Waals surface area contributed by atoms with Crippen LogP contribution in [-0.4, -0.2) is 64.4 Å². The van der Waals surface area contributed by atoms with E-state index in [1.807, 2.05) is 6.26 Å². The average Bonchev–Trinajstić information content (AvgIpc) is 2.36. The Hall–Kier alpha value is -1.36. The monoisotopic (exact) mass is 299 g/mol. The first-order valence-electron chi connectivity index (χ1n) is 5.03. The Kier molecular flexibility index (Phi) is 20.0. The molecule has 0 aromatic heterocycles. The molecule has 0 radical (unpaired) electrons. The molecular weight excluding hydrogens is 278 g/mol. The number of nitrogens with two attached hydrogens (primary N) is 3. The molecular formula is C9H21N3O6S. The van der Waals surface area contributed by atoms with Crippen molar-refractivity contribution in [2.24, 2.45) is 17.2 Å². The zero-order chi connectivity index (χ0) is 15.8. The van der Waals surface area contributed by atoms with E-state index in [1.165, 1.54) is 0 Å². The first kappa shape index (κ1) is 22.8. The molecule has 0 amide bonds. The molecule has 114 valence electrons. The minimum absolute atomic E-state index is 0.278. The van der Waals surface area contributed by atoms with E-state index in [2.05, 4.69) is 11.5 Å². The normalized spacial score (nSPS) is 10.1. The van der Waals surface area contributed by atoms with E-state index >= 15 is 0 Å². The van der Waals surface area contributed by atoms with Crippen molar-refractivity contribution in [3.8, 4) is 0 Å². The average molecular weight is 299 g/mol. The Morgan fingerprint density at radius 2 is 1.37 bits per heavy atom. The number of rotatable bonds is 6. The van der Waals surface area contributed by atoms with Gasteiger partial charge in [0.25, 0.3) is 0 Å². The summed E-state index contributed by atoms with van der Waals surface area (Å²) in [5, 5.41) is 23.5. The molecule has 0 bridgehead atoms. The highest BCUT2D eigenvalue weighted by molar-refractivity contribution is 7.98. The number of aliphatic carboxylic acids is 3. The fourth-order valence-corrected chi connectivity index (χ4v) is 0.858. The zero-order valence-electron chi connectivity index (χ0n) is 10.6. The van der Waals surface area contributed by atoms with Gasteiger partial charge in [0.05, 0.1) is 13.1 Å². The van der Waals surface area contributed by atoms with E-state index in [1.54, 1.807) is 11.8 Å². The number of hydrogen-bond acceptors (Lipinski definition) is 7. The topological polar surface area (TPSA) is 190 Å². The predicted octanol–water partition coefficient (Wildman–Crippen LogP) is -1.79. The zero-order valence-corrected chi connectivity index (χ0v) is 11.4. The number of carbonyl (C=O) groups is 3. The lowest BCUT2D eigenvalue weighted by Gasteiger charge is -2.02. The summed E-state index contributed by atoms with van der Waals surface area (Å²) in [5.41, 5.74) is 14.3. The lowest BCUT2D eigenvalue weighted by molar-refractivity contribution is -0.138. The van der Waals surface area contributed by atoms with Gasteiger partial charge >= 0.3 is 17.9 Å². The van der Waals surface area contributed by atoms with Gasteiger partial charge in [-0.3, -0.25) is 14.4 Å². The molecule has 0 aliphatic rings. The molecule has 0 heterocycles. The van der Waals surface area contributed by atoms with Crippen LogP contribution in [0.15, 0.2) is 0 Å². The van der Waals surface area contributed by atoms with Gasteiger partial charge in [0.2, 0.25) is 0 Å². The van der Waals surface area contributed by atoms with Crippen LogP contribution in [0.5, 0.6) is 0 Å². The van der Waals surface area contributed by atoms with E-state index in [0.717, 1.165) is 5.75 Å². The van der Waals surface area contributed by atoms with Crippen LogP contribution >= 0.6 is 11.8 Å². The Morgan fingerprint density at radius 1 is 1.05 bits per heavy atom. The van der Waals surface area contributed by atoms with Crippen LogP contribution in [-0.2, 0) is 14.4 Å². The second-order valence-corrected chi connectivity index (χ2v) is 3.91. The van der Waals surface area contributed by atoms with Crippen LogP contribution in [0.3, 0.4) is 0 Å². The van der Waals surface area contributed by atoms with Gasteiger partial charge in [0, 0.05) is 0 Å². The van der Waals surface area contributed by atoms with Gasteiger partial charge in [-0.2, -0.15) is 11.8 Å². The maximum Gasteiger partial charge on any atom is 0.320 e. The number of carboxylic acid groups (broad SMARTS) is 3. The molecule has 0 aliphatic carbocycles. The quantitative estimate of drug-likeness (QED) is 0.326. The molecule has 0 saturated heterocycles. The molecule has 0 saturated carbocycles. The molecule has 0 aromatic carbocycles. The highest BCUT2D eigenvalue weighted by atomic mass is 32.2. The molecule has 1 atom stereocenters. The van der Waals surface area contributed by atoms with Crippen molar-refractivity contribution in [3.05, 3.63) is 0 Å². The Morgan fingerprint density at radius 3 is 1.53 bits per heavy atom. The molecule has 9 N–H and O–H groups in total. The summed E-state index contributed by atoms with van der Waals surface area (Å²) >= 11 is 1.60. The van der Waals surface area contributed by atoms with Crippen LogP contribution < -0.4 is 17.2 Å². The van der Waals surface area contributed by atoms with Gasteiger partial charge in [0.15, 0.2) is 0 Å². The minimum Gasteiger partial charge on any atom is -0.480 e. The van der Waals surface area contributed by atoms with E-state index in [4.69, 9.17) is 21.1 Å². The fourth-order valence-electron chi connectivity index (χ4n) is 0.368. The van der Waals surface area contributed by atoms with E-state index < -0.39 is 23.9 Å². The maximum atomic E-state index is 10.1. The molecule has 9 nitrogen and oxygen atoms in total. The smallest absolute Gasteiger partial charge is 0.320 e. The summed E-state index contributed by atoms with van der Waals surface area (Å²) in [6, 6.07) is -0.683. The van der Waals surface area contributed by atoms with Gasteiger partial charge in [-0.05, 0) is 18.4 Å². The number of thioether (sulfide) groups is 1. The van der Waals surface area contributed by atoms with Gasteiger partial charge in [-0.25, -0.2) is 0 Å². The third-order valence-corrected chi connectivity index (χ3v) is 1.94. The summed E-state index contributed by atoms with van der Waals surface area (Å²) in [7, 11) is 0.